The minimum absolute atomic E-state index is 0.0473. The average molecular weight is 282 g/mol. The van der Waals surface area contributed by atoms with Crippen molar-refractivity contribution in [3.05, 3.63) is 35.6 Å². The summed E-state index contributed by atoms with van der Waals surface area (Å²) in [5.74, 6) is -0.350. The number of hydrogen-bond acceptors (Lipinski definition) is 3. The van der Waals surface area contributed by atoms with E-state index in [9.17, 15) is 9.18 Å². The normalized spacial score (nSPS) is 13.8. The van der Waals surface area contributed by atoms with Crippen molar-refractivity contribution in [1.29, 1.82) is 0 Å². The van der Waals surface area contributed by atoms with Gasteiger partial charge in [0.15, 0.2) is 0 Å². The van der Waals surface area contributed by atoms with Crippen molar-refractivity contribution < 1.29 is 13.9 Å². The zero-order valence-corrected chi connectivity index (χ0v) is 12.3. The minimum Gasteiger partial charge on any atom is -0.383 e. The number of carbonyl (C=O) groups excluding carboxylic acids is 1. The van der Waals surface area contributed by atoms with E-state index in [2.05, 4.69) is 10.6 Å². The van der Waals surface area contributed by atoms with Crippen LogP contribution in [0.3, 0.4) is 0 Å². The average Bonchev–Trinajstić information content (AvgIpc) is 2.44. The number of rotatable bonds is 8. The molecule has 1 rings (SSSR count). The van der Waals surface area contributed by atoms with E-state index in [1.807, 2.05) is 13.0 Å². The lowest BCUT2D eigenvalue weighted by atomic mass is 10.0. The molecule has 0 saturated heterocycles. The molecule has 20 heavy (non-hydrogen) atoms. The van der Waals surface area contributed by atoms with Crippen molar-refractivity contribution in [3.8, 4) is 0 Å². The molecule has 2 N–H and O–H groups in total. The highest BCUT2D eigenvalue weighted by atomic mass is 19.1. The SMILES string of the molecule is CCC(NC(C)C(=O)NCCOC)c1cccc(F)c1. The predicted octanol–water partition coefficient (Wildman–Crippen LogP) is 2.02. The van der Waals surface area contributed by atoms with Gasteiger partial charge in [-0.2, -0.15) is 0 Å². The third kappa shape index (κ3) is 5.27. The zero-order valence-electron chi connectivity index (χ0n) is 12.3. The Balaban J connectivity index is 2.57. The molecule has 2 unspecified atom stereocenters. The Bertz CT molecular complexity index is 426. The van der Waals surface area contributed by atoms with Crippen LogP contribution in [0.1, 0.15) is 31.9 Å². The summed E-state index contributed by atoms with van der Waals surface area (Å²) in [6.07, 6.45) is 0.777. The van der Waals surface area contributed by atoms with Crippen LogP contribution >= 0.6 is 0 Å². The van der Waals surface area contributed by atoms with Crippen molar-refractivity contribution in [3.63, 3.8) is 0 Å². The fourth-order valence-corrected chi connectivity index (χ4v) is 1.98. The maximum atomic E-state index is 13.2. The van der Waals surface area contributed by atoms with E-state index in [0.717, 1.165) is 12.0 Å². The third-order valence-corrected chi connectivity index (χ3v) is 3.11. The van der Waals surface area contributed by atoms with Crippen molar-refractivity contribution in [2.24, 2.45) is 0 Å². The molecule has 0 aromatic heterocycles. The van der Waals surface area contributed by atoms with Crippen LogP contribution in [0.25, 0.3) is 0 Å². The van der Waals surface area contributed by atoms with Crippen LogP contribution in [-0.4, -0.2) is 32.2 Å². The minimum atomic E-state index is -0.347. The molecule has 1 amide bonds. The molecule has 4 nitrogen and oxygen atoms in total. The quantitative estimate of drug-likeness (QED) is 0.717. The van der Waals surface area contributed by atoms with Gasteiger partial charge in [-0.05, 0) is 31.0 Å². The summed E-state index contributed by atoms with van der Waals surface area (Å²) in [4.78, 5) is 11.9. The van der Waals surface area contributed by atoms with E-state index >= 15 is 0 Å². The first-order chi connectivity index (χ1) is 9.58. The number of methoxy groups -OCH3 is 1. The van der Waals surface area contributed by atoms with Gasteiger partial charge in [-0.3, -0.25) is 10.1 Å². The van der Waals surface area contributed by atoms with Crippen LogP contribution < -0.4 is 10.6 Å². The summed E-state index contributed by atoms with van der Waals surface area (Å²) in [7, 11) is 1.59. The number of amides is 1. The van der Waals surface area contributed by atoms with Gasteiger partial charge in [0.25, 0.3) is 0 Å². The van der Waals surface area contributed by atoms with Gasteiger partial charge in [0.1, 0.15) is 5.82 Å². The van der Waals surface area contributed by atoms with Crippen LogP contribution in [-0.2, 0) is 9.53 Å². The Labute approximate surface area is 119 Å². The van der Waals surface area contributed by atoms with Gasteiger partial charge in [0.2, 0.25) is 5.91 Å². The summed E-state index contributed by atoms with van der Waals surface area (Å²) < 4.78 is 18.1. The molecule has 0 saturated carbocycles. The molecular formula is C15H23FN2O2. The molecule has 0 heterocycles. The topological polar surface area (TPSA) is 50.4 Å². The fraction of sp³-hybridized carbons (Fsp3) is 0.533. The molecule has 0 aliphatic carbocycles. The van der Waals surface area contributed by atoms with E-state index < -0.39 is 0 Å². The molecule has 0 fully saturated rings. The molecule has 0 aliphatic rings. The van der Waals surface area contributed by atoms with Crippen LogP contribution in [0.15, 0.2) is 24.3 Å². The first kappa shape index (κ1) is 16.6. The first-order valence-electron chi connectivity index (χ1n) is 6.86. The van der Waals surface area contributed by atoms with E-state index in [-0.39, 0.29) is 23.8 Å². The number of ether oxygens (including phenoxy) is 1. The molecule has 0 aliphatic heterocycles. The van der Waals surface area contributed by atoms with Gasteiger partial charge >= 0.3 is 0 Å². The molecule has 0 spiro atoms. The number of benzene rings is 1. The summed E-state index contributed by atoms with van der Waals surface area (Å²) in [6, 6.07) is 6.06. The van der Waals surface area contributed by atoms with Gasteiger partial charge < -0.3 is 10.1 Å². The maximum Gasteiger partial charge on any atom is 0.236 e. The molecule has 0 radical (unpaired) electrons. The molecule has 1 aromatic rings. The number of hydrogen-bond donors (Lipinski definition) is 2. The van der Waals surface area contributed by atoms with E-state index in [0.29, 0.717) is 13.2 Å². The van der Waals surface area contributed by atoms with E-state index in [1.54, 1.807) is 20.1 Å². The van der Waals surface area contributed by atoms with Gasteiger partial charge in [0.05, 0.1) is 12.6 Å². The standard InChI is InChI=1S/C15H23FN2O2/c1-4-14(12-6-5-7-13(16)10-12)18-11(2)15(19)17-8-9-20-3/h5-7,10-11,14,18H,4,8-9H2,1-3H3,(H,17,19). The van der Waals surface area contributed by atoms with Gasteiger partial charge in [-0.15, -0.1) is 0 Å². The Morgan fingerprint density at radius 3 is 2.80 bits per heavy atom. The van der Waals surface area contributed by atoms with Crippen molar-refractivity contribution in [2.45, 2.75) is 32.4 Å². The summed E-state index contributed by atoms with van der Waals surface area (Å²) in [5.41, 5.74) is 0.851. The lowest BCUT2D eigenvalue weighted by molar-refractivity contribution is -0.123. The largest absolute Gasteiger partial charge is 0.383 e. The first-order valence-corrected chi connectivity index (χ1v) is 6.86. The Morgan fingerprint density at radius 1 is 1.45 bits per heavy atom. The van der Waals surface area contributed by atoms with Crippen LogP contribution in [0.5, 0.6) is 0 Å². The highest BCUT2D eigenvalue weighted by Crippen LogP contribution is 2.18. The van der Waals surface area contributed by atoms with Crippen LogP contribution in [0.4, 0.5) is 4.39 Å². The van der Waals surface area contributed by atoms with Gasteiger partial charge in [-0.25, -0.2) is 4.39 Å². The van der Waals surface area contributed by atoms with E-state index in [1.165, 1.54) is 12.1 Å². The fourth-order valence-electron chi connectivity index (χ4n) is 1.98. The Morgan fingerprint density at radius 2 is 2.20 bits per heavy atom. The lowest BCUT2D eigenvalue weighted by Crippen LogP contribution is -2.44. The summed E-state index contributed by atoms with van der Waals surface area (Å²) >= 11 is 0. The smallest absolute Gasteiger partial charge is 0.236 e. The van der Waals surface area contributed by atoms with Gasteiger partial charge in [-0.1, -0.05) is 19.1 Å². The number of carbonyl (C=O) groups is 1. The second kappa shape index (κ2) is 8.66. The Hall–Kier alpha value is -1.46. The molecule has 112 valence electrons. The lowest BCUT2D eigenvalue weighted by Gasteiger charge is -2.22. The molecular weight excluding hydrogens is 259 g/mol. The zero-order chi connectivity index (χ0) is 15.0. The molecule has 2 atom stereocenters. The second-order valence-corrected chi connectivity index (χ2v) is 4.69. The van der Waals surface area contributed by atoms with Crippen molar-refractivity contribution in [2.75, 3.05) is 20.3 Å². The van der Waals surface area contributed by atoms with Crippen LogP contribution in [0.2, 0.25) is 0 Å². The molecule has 5 heteroatoms. The highest BCUT2D eigenvalue weighted by molar-refractivity contribution is 5.81. The Kier molecular flexibility index (Phi) is 7.18. The summed E-state index contributed by atoms with van der Waals surface area (Å²) in [6.45, 7) is 4.76. The predicted molar refractivity (Wildman–Crippen MR) is 76.9 cm³/mol. The monoisotopic (exact) mass is 282 g/mol. The molecule has 1 aromatic carbocycles. The highest BCUT2D eigenvalue weighted by Gasteiger charge is 2.17. The number of halogens is 1. The van der Waals surface area contributed by atoms with Crippen LogP contribution in [0, 0.1) is 5.82 Å². The van der Waals surface area contributed by atoms with Gasteiger partial charge in [0, 0.05) is 19.7 Å². The molecule has 0 bridgehead atoms. The second-order valence-electron chi connectivity index (χ2n) is 4.69. The number of nitrogens with one attached hydrogen (secondary N) is 2. The van der Waals surface area contributed by atoms with Crippen molar-refractivity contribution in [1.82, 2.24) is 10.6 Å². The van der Waals surface area contributed by atoms with Crippen molar-refractivity contribution >= 4 is 5.91 Å². The third-order valence-electron chi connectivity index (χ3n) is 3.11. The van der Waals surface area contributed by atoms with E-state index in [4.69, 9.17) is 4.74 Å². The maximum absolute atomic E-state index is 13.2. The summed E-state index contributed by atoms with van der Waals surface area (Å²) in [5, 5.41) is 5.99.